The highest BCUT2D eigenvalue weighted by atomic mass is 32.2. The number of benzene rings is 2. The minimum Gasteiger partial charge on any atom is -0.345 e. The molecule has 140 valence electrons. The van der Waals surface area contributed by atoms with Crippen molar-refractivity contribution in [2.45, 2.75) is 22.8 Å². The first-order chi connectivity index (χ1) is 13.4. The number of amides is 1. The van der Waals surface area contributed by atoms with E-state index in [4.69, 9.17) is 0 Å². The van der Waals surface area contributed by atoms with Gasteiger partial charge in [-0.2, -0.15) is 0 Å². The molecule has 1 aliphatic rings. The van der Waals surface area contributed by atoms with E-state index in [1.165, 1.54) is 30.3 Å². The molecule has 1 amide bonds. The SMILES string of the molecule is C[C@@H](NC(=O)c1ccc2c(c1)S(=O)(=O)c1ccccc1C2=O)c1cccnc1. The highest BCUT2D eigenvalue weighted by Crippen LogP contribution is 2.34. The zero-order valence-corrected chi connectivity index (χ0v) is 15.7. The number of hydrogen-bond acceptors (Lipinski definition) is 5. The highest BCUT2D eigenvalue weighted by molar-refractivity contribution is 7.91. The number of sulfone groups is 1. The van der Waals surface area contributed by atoms with Crippen LogP contribution in [0.4, 0.5) is 0 Å². The monoisotopic (exact) mass is 392 g/mol. The van der Waals surface area contributed by atoms with Gasteiger partial charge in [0.25, 0.3) is 5.91 Å². The molecule has 0 bridgehead atoms. The second-order valence-electron chi connectivity index (χ2n) is 6.52. The summed E-state index contributed by atoms with van der Waals surface area (Å²) in [6, 6.07) is 13.5. The molecule has 1 aliphatic heterocycles. The van der Waals surface area contributed by atoms with Gasteiger partial charge in [-0.3, -0.25) is 14.6 Å². The molecule has 1 aromatic heterocycles. The fraction of sp³-hybridized carbons (Fsp3) is 0.0952. The van der Waals surface area contributed by atoms with Crippen LogP contribution >= 0.6 is 0 Å². The van der Waals surface area contributed by atoms with E-state index in [1.54, 1.807) is 30.6 Å². The van der Waals surface area contributed by atoms with Crippen molar-refractivity contribution in [2.75, 3.05) is 0 Å². The van der Waals surface area contributed by atoms with Gasteiger partial charge in [0.05, 0.1) is 15.8 Å². The summed E-state index contributed by atoms with van der Waals surface area (Å²) in [6.07, 6.45) is 3.29. The van der Waals surface area contributed by atoms with Crippen LogP contribution in [0.5, 0.6) is 0 Å². The van der Waals surface area contributed by atoms with Gasteiger partial charge >= 0.3 is 0 Å². The lowest BCUT2D eigenvalue weighted by atomic mass is 10.0. The van der Waals surface area contributed by atoms with Gasteiger partial charge in [-0.15, -0.1) is 0 Å². The number of fused-ring (bicyclic) bond motifs is 2. The molecule has 0 saturated carbocycles. The van der Waals surface area contributed by atoms with Gasteiger partial charge in [-0.05, 0) is 48.9 Å². The number of nitrogens with one attached hydrogen (secondary N) is 1. The number of ketones is 1. The van der Waals surface area contributed by atoms with Crippen LogP contribution in [-0.4, -0.2) is 25.1 Å². The second-order valence-corrected chi connectivity index (χ2v) is 8.41. The highest BCUT2D eigenvalue weighted by Gasteiger charge is 2.35. The fourth-order valence-corrected chi connectivity index (χ4v) is 4.90. The largest absolute Gasteiger partial charge is 0.345 e. The quantitative estimate of drug-likeness (QED) is 0.579. The lowest BCUT2D eigenvalue weighted by Gasteiger charge is -2.20. The van der Waals surface area contributed by atoms with E-state index in [0.717, 1.165) is 5.56 Å². The van der Waals surface area contributed by atoms with Crippen molar-refractivity contribution >= 4 is 21.5 Å². The molecule has 3 aromatic rings. The summed E-state index contributed by atoms with van der Waals surface area (Å²) >= 11 is 0. The van der Waals surface area contributed by atoms with Gasteiger partial charge in [0, 0.05) is 29.1 Å². The molecule has 0 radical (unpaired) electrons. The van der Waals surface area contributed by atoms with Gasteiger partial charge in [0.15, 0.2) is 5.78 Å². The van der Waals surface area contributed by atoms with Gasteiger partial charge in [0.1, 0.15) is 0 Å². The summed E-state index contributed by atoms with van der Waals surface area (Å²) < 4.78 is 25.9. The first-order valence-electron chi connectivity index (χ1n) is 8.63. The molecular weight excluding hydrogens is 376 g/mol. The minimum atomic E-state index is -3.88. The average molecular weight is 392 g/mol. The molecule has 1 N–H and O–H groups in total. The van der Waals surface area contributed by atoms with Crippen molar-refractivity contribution in [3.8, 4) is 0 Å². The molecule has 2 aromatic carbocycles. The molecule has 0 aliphatic carbocycles. The van der Waals surface area contributed by atoms with E-state index in [0.29, 0.717) is 0 Å². The fourth-order valence-electron chi connectivity index (χ4n) is 3.22. The van der Waals surface area contributed by atoms with Crippen LogP contribution in [0.1, 0.15) is 44.8 Å². The van der Waals surface area contributed by atoms with Crippen LogP contribution in [0.25, 0.3) is 0 Å². The van der Waals surface area contributed by atoms with Gasteiger partial charge < -0.3 is 5.32 Å². The molecule has 6 nitrogen and oxygen atoms in total. The van der Waals surface area contributed by atoms with Gasteiger partial charge in [0.2, 0.25) is 9.84 Å². The van der Waals surface area contributed by atoms with Gasteiger partial charge in [-0.1, -0.05) is 18.2 Å². The summed E-state index contributed by atoms with van der Waals surface area (Å²) in [4.78, 5) is 29.2. The Morgan fingerprint density at radius 3 is 2.50 bits per heavy atom. The van der Waals surface area contributed by atoms with Crippen LogP contribution < -0.4 is 5.32 Å². The third-order valence-corrected chi connectivity index (χ3v) is 6.58. The summed E-state index contributed by atoms with van der Waals surface area (Å²) in [6.45, 7) is 1.81. The van der Waals surface area contributed by atoms with Crippen molar-refractivity contribution in [3.05, 3.63) is 89.2 Å². The van der Waals surface area contributed by atoms with Crippen LogP contribution in [0.15, 0.2) is 76.8 Å². The maximum absolute atomic E-state index is 13.0. The number of pyridine rings is 1. The molecule has 1 atom stereocenters. The average Bonchev–Trinajstić information content (AvgIpc) is 2.72. The van der Waals surface area contributed by atoms with Crippen molar-refractivity contribution in [1.82, 2.24) is 10.3 Å². The van der Waals surface area contributed by atoms with Crippen LogP contribution in [0, 0.1) is 0 Å². The Labute approximate surface area is 162 Å². The molecule has 7 heteroatoms. The Balaban J connectivity index is 1.70. The topological polar surface area (TPSA) is 93.2 Å². The van der Waals surface area contributed by atoms with Crippen molar-refractivity contribution in [3.63, 3.8) is 0 Å². The maximum Gasteiger partial charge on any atom is 0.251 e. The number of nitrogens with zero attached hydrogens (tertiary/aromatic N) is 1. The standard InChI is InChI=1S/C21H16N2O4S/c1-13(15-5-4-10-22-12-15)23-21(25)14-8-9-17-19(11-14)28(26,27)18-7-3-2-6-16(18)20(17)24/h2-13H,1H3,(H,23,25)/t13-/m1/s1. The zero-order valence-electron chi connectivity index (χ0n) is 14.9. The smallest absolute Gasteiger partial charge is 0.251 e. The maximum atomic E-state index is 13.0. The van der Waals surface area contributed by atoms with Crippen molar-refractivity contribution in [1.29, 1.82) is 0 Å². The van der Waals surface area contributed by atoms with E-state index in [-0.39, 0.29) is 38.3 Å². The van der Waals surface area contributed by atoms with Crippen LogP contribution in [-0.2, 0) is 9.84 Å². The molecular formula is C21H16N2O4S. The summed E-state index contributed by atoms with van der Waals surface area (Å²) in [5.74, 6) is -0.795. The van der Waals surface area contributed by atoms with E-state index in [9.17, 15) is 18.0 Å². The Morgan fingerprint density at radius 2 is 1.75 bits per heavy atom. The van der Waals surface area contributed by atoms with Crippen LogP contribution in [0.2, 0.25) is 0 Å². The molecule has 0 saturated heterocycles. The lowest BCUT2D eigenvalue weighted by Crippen LogP contribution is -2.27. The normalized spacial score (nSPS) is 15.2. The molecule has 2 heterocycles. The van der Waals surface area contributed by atoms with E-state index in [2.05, 4.69) is 10.3 Å². The Bertz CT molecular complexity index is 1200. The molecule has 0 spiro atoms. The van der Waals surface area contributed by atoms with Crippen molar-refractivity contribution in [2.24, 2.45) is 0 Å². The predicted octanol–water partition coefficient (Wildman–Crippen LogP) is 2.95. The van der Waals surface area contributed by atoms with Crippen LogP contribution in [0.3, 0.4) is 0 Å². The summed E-state index contributed by atoms with van der Waals surface area (Å²) in [5.41, 5.74) is 1.23. The second kappa shape index (κ2) is 6.69. The molecule has 28 heavy (non-hydrogen) atoms. The third kappa shape index (κ3) is 2.90. The van der Waals surface area contributed by atoms with Gasteiger partial charge in [-0.25, -0.2) is 8.42 Å². The number of carbonyl (C=O) groups is 2. The molecule has 0 unspecified atom stereocenters. The first kappa shape index (κ1) is 18.1. The number of rotatable bonds is 3. The zero-order chi connectivity index (χ0) is 19.9. The Hall–Kier alpha value is -3.32. The number of carbonyl (C=O) groups excluding carboxylic acids is 2. The molecule has 0 fully saturated rings. The van der Waals surface area contributed by atoms with E-state index in [1.807, 2.05) is 13.0 Å². The third-order valence-electron chi connectivity index (χ3n) is 4.73. The van der Waals surface area contributed by atoms with E-state index >= 15 is 0 Å². The summed E-state index contributed by atoms with van der Waals surface area (Å²) in [7, 11) is -3.88. The van der Waals surface area contributed by atoms with Crippen molar-refractivity contribution < 1.29 is 18.0 Å². The lowest BCUT2D eigenvalue weighted by molar-refractivity contribution is 0.0938. The number of hydrogen-bond donors (Lipinski definition) is 1. The summed E-state index contributed by atoms with van der Waals surface area (Å²) in [5, 5.41) is 2.82. The Morgan fingerprint density at radius 1 is 1.00 bits per heavy atom. The molecule has 4 rings (SSSR count). The minimum absolute atomic E-state index is 0.0335. The predicted molar refractivity (Wildman–Crippen MR) is 102 cm³/mol. The number of aromatic nitrogens is 1. The van der Waals surface area contributed by atoms with E-state index < -0.39 is 15.7 Å². The first-order valence-corrected chi connectivity index (χ1v) is 10.1. The Kier molecular flexibility index (Phi) is 4.31.